The second kappa shape index (κ2) is 17.0. The number of rotatable bonds is 10. The van der Waals surface area contributed by atoms with Crippen LogP contribution >= 0.6 is 0 Å². The van der Waals surface area contributed by atoms with Crippen molar-refractivity contribution in [3.05, 3.63) is 36.0 Å². The van der Waals surface area contributed by atoms with Crippen LogP contribution in [0, 0.1) is 17.8 Å². The molecule has 7 rings (SSSR count). The average molecular weight is 791 g/mol. The van der Waals surface area contributed by atoms with E-state index in [0.717, 1.165) is 50.7 Å². The summed E-state index contributed by atoms with van der Waals surface area (Å²) in [7, 11) is 0. The third-order valence-electron chi connectivity index (χ3n) is 13.9. The molecule has 0 aromatic heterocycles. The molecule has 6 saturated heterocycles. The van der Waals surface area contributed by atoms with Crippen LogP contribution in [0.25, 0.3) is 0 Å². The van der Waals surface area contributed by atoms with E-state index in [4.69, 9.17) is 33.2 Å². The standard InChI is InChI=1S/C44H70O12/c1-26-21-35(54-44(23-26)36(47)12-11-32(53-44)24-41(6,49)25-45)27(2)9-10-31-14-18-43(52-31)19-15-34-40(56-43)37(48)30(5)39(51-34)33(46)22-29(4)38-28(3)13-17-42(55-38)16-7-8-20-50-42/h9-10,23,27-29,31-40,45-49H,5,7-8,11-22,24-25H2,1-4,6H3/t27-,28-,29+,31+,32+,33+,34-,35+,36-,37-,38+,39+,40-,41-,42+,43-,44-/m1/s1. The molecule has 56 heavy (non-hydrogen) atoms. The van der Waals surface area contributed by atoms with Crippen LogP contribution in [0.15, 0.2) is 36.0 Å². The molecule has 0 radical (unpaired) electrons. The Morgan fingerprint density at radius 1 is 0.964 bits per heavy atom. The van der Waals surface area contributed by atoms with E-state index in [1.54, 1.807) is 6.92 Å². The topological polar surface area (TPSA) is 166 Å². The van der Waals surface area contributed by atoms with Crippen LogP contribution in [0.5, 0.6) is 0 Å². The molecule has 12 nitrogen and oxygen atoms in total. The smallest absolute Gasteiger partial charge is 0.215 e. The Bertz CT molecular complexity index is 1430. The Kier molecular flexibility index (Phi) is 13.0. The molecule has 7 heterocycles. The number of ether oxygens (including phenoxy) is 7. The Hall–Kier alpha value is -1.26. The molecule has 6 fully saturated rings. The van der Waals surface area contributed by atoms with Crippen molar-refractivity contribution in [1.29, 1.82) is 0 Å². The zero-order valence-corrected chi connectivity index (χ0v) is 34.4. The van der Waals surface area contributed by atoms with E-state index < -0.39 is 59.6 Å². The molecule has 0 bridgehead atoms. The quantitative estimate of drug-likeness (QED) is 0.186. The fourth-order valence-electron chi connectivity index (χ4n) is 10.6. The highest BCUT2D eigenvalue weighted by molar-refractivity contribution is 5.20. The number of aliphatic hydroxyl groups excluding tert-OH is 4. The Labute approximate surface area is 333 Å². The van der Waals surface area contributed by atoms with Gasteiger partial charge in [-0.05, 0) is 95.1 Å². The van der Waals surface area contributed by atoms with E-state index in [1.165, 1.54) is 0 Å². The van der Waals surface area contributed by atoms with Gasteiger partial charge in [-0.2, -0.15) is 0 Å². The van der Waals surface area contributed by atoms with Crippen LogP contribution in [-0.2, 0) is 33.2 Å². The summed E-state index contributed by atoms with van der Waals surface area (Å²) in [5.41, 5.74) is 0.213. The lowest BCUT2D eigenvalue weighted by Gasteiger charge is -2.50. The lowest BCUT2D eigenvalue weighted by Crippen LogP contribution is -2.60. The van der Waals surface area contributed by atoms with E-state index in [-0.39, 0.29) is 49.3 Å². The fourth-order valence-corrected chi connectivity index (χ4v) is 10.6. The summed E-state index contributed by atoms with van der Waals surface area (Å²) in [6.07, 6.45) is 10.9. The molecule has 0 unspecified atom stereocenters. The lowest BCUT2D eigenvalue weighted by molar-refractivity contribution is -0.321. The molecule has 7 aliphatic rings. The van der Waals surface area contributed by atoms with Crippen LogP contribution in [-0.4, -0.2) is 123 Å². The number of hydrogen-bond acceptors (Lipinski definition) is 12. The second-order valence-corrected chi connectivity index (χ2v) is 18.9. The van der Waals surface area contributed by atoms with Gasteiger partial charge in [-0.25, -0.2) is 0 Å². The van der Waals surface area contributed by atoms with E-state index in [9.17, 15) is 25.5 Å². The zero-order chi connectivity index (χ0) is 40.0. The first-order valence-electron chi connectivity index (χ1n) is 21.7. The maximum absolute atomic E-state index is 11.5. The molecule has 0 aromatic rings. The largest absolute Gasteiger partial charge is 0.393 e. The van der Waals surface area contributed by atoms with Crippen molar-refractivity contribution >= 4 is 0 Å². The second-order valence-electron chi connectivity index (χ2n) is 18.9. The molecule has 0 amide bonds. The van der Waals surface area contributed by atoms with E-state index in [1.807, 2.05) is 13.0 Å². The number of fused-ring (bicyclic) bond motifs is 1. The van der Waals surface area contributed by atoms with Crippen LogP contribution in [0.4, 0.5) is 0 Å². The Balaban J connectivity index is 0.919. The van der Waals surface area contributed by atoms with Crippen molar-refractivity contribution in [2.75, 3.05) is 13.2 Å². The Morgan fingerprint density at radius 3 is 2.48 bits per heavy atom. The monoisotopic (exact) mass is 790 g/mol. The van der Waals surface area contributed by atoms with Gasteiger partial charge < -0.3 is 58.7 Å². The minimum atomic E-state index is -1.31. The van der Waals surface area contributed by atoms with Crippen molar-refractivity contribution in [2.45, 2.75) is 209 Å². The third-order valence-corrected chi connectivity index (χ3v) is 13.9. The normalized spacial score (nSPS) is 46.1. The predicted molar refractivity (Wildman–Crippen MR) is 207 cm³/mol. The van der Waals surface area contributed by atoms with E-state index in [2.05, 4.69) is 39.5 Å². The van der Waals surface area contributed by atoms with E-state index in [0.29, 0.717) is 56.4 Å². The summed E-state index contributed by atoms with van der Waals surface area (Å²) < 4.78 is 45.4. The third kappa shape index (κ3) is 9.07. The van der Waals surface area contributed by atoms with Crippen molar-refractivity contribution in [3.63, 3.8) is 0 Å². The van der Waals surface area contributed by atoms with Gasteiger partial charge in [-0.15, -0.1) is 0 Å². The van der Waals surface area contributed by atoms with Crippen LogP contribution in [0.2, 0.25) is 0 Å². The van der Waals surface area contributed by atoms with Crippen molar-refractivity contribution in [2.24, 2.45) is 17.8 Å². The molecule has 0 saturated carbocycles. The minimum Gasteiger partial charge on any atom is -0.393 e. The zero-order valence-electron chi connectivity index (χ0n) is 34.4. The fraction of sp³-hybridized carbons (Fsp3) is 0.864. The van der Waals surface area contributed by atoms with Crippen LogP contribution in [0.3, 0.4) is 0 Å². The highest BCUT2D eigenvalue weighted by atomic mass is 16.7. The van der Waals surface area contributed by atoms with Crippen molar-refractivity contribution in [1.82, 2.24) is 0 Å². The average Bonchev–Trinajstić information content (AvgIpc) is 3.56. The van der Waals surface area contributed by atoms with Gasteiger partial charge in [0.2, 0.25) is 5.79 Å². The van der Waals surface area contributed by atoms with Crippen LogP contribution in [0.1, 0.15) is 125 Å². The Morgan fingerprint density at radius 2 is 1.73 bits per heavy atom. The molecular weight excluding hydrogens is 720 g/mol. The maximum atomic E-state index is 11.5. The first-order valence-corrected chi connectivity index (χ1v) is 21.7. The summed E-state index contributed by atoms with van der Waals surface area (Å²) >= 11 is 0. The molecule has 12 heteroatoms. The van der Waals surface area contributed by atoms with Crippen LogP contribution < -0.4 is 0 Å². The number of aliphatic hydroxyl groups is 5. The highest BCUT2D eigenvalue weighted by Gasteiger charge is 2.55. The molecule has 5 N–H and O–H groups in total. The molecule has 3 spiro atoms. The molecule has 0 aliphatic carbocycles. The molecule has 7 aliphatic heterocycles. The van der Waals surface area contributed by atoms with Gasteiger partial charge in [0.05, 0.1) is 55.4 Å². The summed E-state index contributed by atoms with van der Waals surface area (Å²) in [6.45, 7) is 14.6. The first-order chi connectivity index (χ1) is 26.5. The first kappa shape index (κ1) is 42.8. The lowest BCUT2D eigenvalue weighted by atomic mass is 9.79. The van der Waals surface area contributed by atoms with Gasteiger partial charge in [0, 0.05) is 38.0 Å². The SMILES string of the molecule is C=C1[C@@H](O)[C@@H]2O[C@]3(CC[C@H](C=C[C@@H](C)[C@@H]4CC(C)=C[C@@]5(O[C@H](C[C@@](C)(O)CO)CC[C@H]5O)O4)O3)CC[C@H]2O[C@@H]1[C@@H](O)C[C@H](C)[C@H]1O[C@@]2(CCCCO2)CC[C@H]1C. The summed E-state index contributed by atoms with van der Waals surface area (Å²) in [5, 5.41) is 54.3. The van der Waals surface area contributed by atoms with E-state index >= 15 is 0 Å². The van der Waals surface area contributed by atoms with Gasteiger partial charge in [0.25, 0.3) is 0 Å². The molecular formula is C44H70O12. The van der Waals surface area contributed by atoms with Gasteiger partial charge in [0.1, 0.15) is 24.4 Å². The van der Waals surface area contributed by atoms with Crippen molar-refractivity contribution in [3.8, 4) is 0 Å². The van der Waals surface area contributed by atoms with Gasteiger partial charge in [-0.1, -0.05) is 45.1 Å². The molecule has 0 aromatic carbocycles. The van der Waals surface area contributed by atoms with Crippen molar-refractivity contribution < 1.29 is 58.7 Å². The summed E-state index contributed by atoms with van der Waals surface area (Å²) in [5.74, 6) is -2.26. The summed E-state index contributed by atoms with van der Waals surface area (Å²) in [6, 6.07) is 0. The minimum absolute atomic E-state index is 0.0263. The number of hydrogen-bond donors (Lipinski definition) is 5. The summed E-state index contributed by atoms with van der Waals surface area (Å²) in [4.78, 5) is 0. The van der Waals surface area contributed by atoms with Gasteiger partial charge in [0.15, 0.2) is 11.6 Å². The molecule has 17 atom stereocenters. The van der Waals surface area contributed by atoms with Gasteiger partial charge in [-0.3, -0.25) is 0 Å². The highest BCUT2D eigenvalue weighted by Crippen LogP contribution is 2.47. The maximum Gasteiger partial charge on any atom is 0.215 e. The van der Waals surface area contributed by atoms with Gasteiger partial charge >= 0.3 is 0 Å². The predicted octanol–water partition coefficient (Wildman–Crippen LogP) is 5.12. The molecule has 318 valence electrons.